The zero-order valence-electron chi connectivity index (χ0n) is 17.3. The largest absolute Gasteiger partial charge is 0.399 e. The summed E-state index contributed by atoms with van der Waals surface area (Å²) >= 11 is 0. The Hall–Kier alpha value is -2.86. The van der Waals surface area contributed by atoms with Crippen molar-refractivity contribution in [2.45, 2.75) is 26.7 Å². The Morgan fingerprint density at radius 1 is 0.966 bits per heavy atom. The van der Waals surface area contributed by atoms with Crippen molar-refractivity contribution in [1.29, 1.82) is 0 Å². The lowest BCUT2D eigenvalue weighted by Crippen LogP contribution is -2.50. The number of nitrogens with one attached hydrogen (secondary N) is 1. The third-order valence-electron chi connectivity index (χ3n) is 5.50. The number of rotatable bonds is 6. The van der Waals surface area contributed by atoms with Crippen LogP contribution in [-0.2, 0) is 16.0 Å². The number of nitrogens with zero attached hydrogens (tertiary/aromatic N) is 2. The van der Waals surface area contributed by atoms with Crippen LogP contribution in [0.15, 0.2) is 42.5 Å². The molecule has 0 spiro atoms. The zero-order valence-corrected chi connectivity index (χ0v) is 17.3. The van der Waals surface area contributed by atoms with Crippen LogP contribution in [-0.4, -0.2) is 54.3 Å². The van der Waals surface area contributed by atoms with Gasteiger partial charge in [-0.05, 0) is 43.0 Å². The molecule has 0 bridgehead atoms. The average molecular weight is 395 g/mol. The van der Waals surface area contributed by atoms with Crippen molar-refractivity contribution in [3.05, 3.63) is 59.2 Å². The summed E-state index contributed by atoms with van der Waals surface area (Å²) in [7, 11) is 0. The summed E-state index contributed by atoms with van der Waals surface area (Å²) in [5, 5.41) is 3.03. The summed E-state index contributed by atoms with van der Waals surface area (Å²) in [4.78, 5) is 28.9. The highest BCUT2D eigenvalue weighted by Crippen LogP contribution is 2.19. The summed E-state index contributed by atoms with van der Waals surface area (Å²) in [5.41, 5.74) is 10.7. The molecule has 154 valence electrons. The molecule has 2 aromatic carbocycles. The zero-order chi connectivity index (χ0) is 20.8. The van der Waals surface area contributed by atoms with Crippen molar-refractivity contribution < 1.29 is 9.59 Å². The molecule has 2 aromatic rings. The van der Waals surface area contributed by atoms with Crippen molar-refractivity contribution in [3.63, 3.8) is 0 Å². The first-order chi connectivity index (χ1) is 13.9. The van der Waals surface area contributed by atoms with Crippen LogP contribution >= 0.6 is 0 Å². The van der Waals surface area contributed by atoms with Crippen LogP contribution in [0.3, 0.4) is 0 Å². The predicted octanol–water partition coefficient (Wildman–Crippen LogP) is 2.60. The summed E-state index contributed by atoms with van der Waals surface area (Å²) in [6.45, 7) is 7.06. The number of hydrogen-bond donors (Lipinski definition) is 2. The average Bonchev–Trinajstić information content (AvgIpc) is 2.70. The van der Waals surface area contributed by atoms with Gasteiger partial charge in [0.05, 0.1) is 6.54 Å². The van der Waals surface area contributed by atoms with Gasteiger partial charge in [0.1, 0.15) is 0 Å². The molecule has 29 heavy (non-hydrogen) atoms. The van der Waals surface area contributed by atoms with E-state index >= 15 is 0 Å². The van der Waals surface area contributed by atoms with Gasteiger partial charge in [-0.15, -0.1) is 0 Å². The lowest BCUT2D eigenvalue weighted by molar-refractivity contribution is -0.133. The third-order valence-corrected chi connectivity index (χ3v) is 5.50. The van der Waals surface area contributed by atoms with Crippen molar-refractivity contribution in [1.82, 2.24) is 9.80 Å². The lowest BCUT2D eigenvalue weighted by atomic mass is 10.1. The van der Waals surface area contributed by atoms with Crippen LogP contribution in [0.1, 0.15) is 23.1 Å². The second-order valence-corrected chi connectivity index (χ2v) is 7.67. The molecule has 3 N–H and O–H groups in total. The van der Waals surface area contributed by atoms with E-state index in [2.05, 4.69) is 10.2 Å². The molecule has 3 rings (SSSR count). The molecular weight excluding hydrogens is 364 g/mol. The maximum Gasteiger partial charge on any atom is 0.238 e. The smallest absolute Gasteiger partial charge is 0.238 e. The van der Waals surface area contributed by atoms with E-state index < -0.39 is 0 Å². The van der Waals surface area contributed by atoms with E-state index in [-0.39, 0.29) is 11.8 Å². The molecule has 1 heterocycles. The van der Waals surface area contributed by atoms with Crippen LogP contribution in [0.4, 0.5) is 11.4 Å². The fourth-order valence-electron chi connectivity index (χ4n) is 3.71. The van der Waals surface area contributed by atoms with Crippen LogP contribution in [0.5, 0.6) is 0 Å². The number of nitrogens with two attached hydrogens (primary N) is 1. The molecule has 0 radical (unpaired) electrons. The minimum absolute atomic E-state index is 0.0123. The molecule has 0 aromatic heterocycles. The van der Waals surface area contributed by atoms with E-state index in [0.717, 1.165) is 28.1 Å². The quantitative estimate of drug-likeness (QED) is 0.738. The normalized spacial score (nSPS) is 14.6. The molecule has 2 amide bonds. The maximum absolute atomic E-state index is 12.5. The van der Waals surface area contributed by atoms with Gasteiger partial charge in [-0.2, -0.15) is 0 Å². The number of nitrogen functional groups attached to an aromatic ring is 1. The molecule has 1 aliphatic heterocycles. The van der Waals surface area contributed by atoms with E-state index in [1.807, 2.05) is 61.2 Å². The van der Waals surface area contributed by atoms with Gasteiger partial charge in [0.2, 0.25) is 11.8 Å². The monoisotopic (exact) mass is 394 g/mol. The number of hydrogen-bond acceptors (Lipinski definition) is 4. The van der Waals surface area contributed by atoms with E-state index in [1.165, 1.54) is 0 Å². The number of aryl methyl sites for hydroxylation is 3. The highest BCUT2D eigenvalue weighted by molar-refractivity contribution is 5.93. The first-order valence-corrected chi connectivity index (χ1v) is 10.1. The number of carbonyl (C=O) groups is 2. The summed E-state index contributed by atoms with van der Waals surface area (Å²) in [5.74, 6) is 0.134. The van der Waals surface area contributed by atoms with E-state index in [4.69, 9.17) is 5.73 Å². The second-order valence-electron chi connectivity index (χ2n) is 7.67. The molecular formula is C23H30N4O2. The Balaban J connectivity index is 1.43. The van der Waals surface area contributed by atoms with Gasteiger partial charge in [0.25, 0.3) is 0 Å². The van der Waals surface area contributed by atoms with Crippen LogP contribution in [0, 0.1) is 13.8 Å². The first kappa shape index (κ1) is 20.9. The topological polar surface area (TPSA) is 78.7 Å². The number of piperazine rings is 1. The van der Waals surface area contributed by atoms with Gasteiger partial charge in [-0.1, -0.05) is 36.4 Å². The maximum atomic E-state index is 12.5. The molecule has 1 saturated heterocycles. The van der Waals surface area contributed by atoms with E-state index in [0.29, 0.717) is 45.6 Å². The predicted molar refractivity (Wildman–Crippen MR) is 117 cm³/mol. The van der Waals surface area contributed by atoms with Crippen LogP contribution in [0.25, 0.3) is 0 Å². The second kappa shape index (κ2) is 9.56. The Morgan fingerprint density at radius 3 is 2.28 bits per heavy atom. The van der Waals surface area contributed by atoms with Crippen molar-refractivity contribution in [2.24, 2.45) is 0 Å². The number of amides is 2. The molecule has 6 heteroatoms. The molecule has 1 aliphatic rings. The molecule has 6 nitrogen and oxygen atoms in total. The Kier molecular flexibility index (Phi) is 6.88. The van der Waals surface area contributed by atoms with E-state index in [9.17, 15) is 9.59 Å². The third kappa shape index (κ3) is 5.57. The lowest BCUT2D eigenvalue weighted by Gasteiger charge is -2.34. The minimum atomic E-state index is -0.0123. The number of benzene rings is 2. The first-order valence-electron chi connectivity index (χ1n) is 10.1. The molecule has 0 saturated carbocycles. The van der Waals surface area contributed by atoms with Crippen molar-refractivity contribution in [2.75, 3.05) is 43.8 Å². The molecule has 0 unspecified atom stereocenters. The van der Waals surface area contributed by atoms with Crippen LogP contribution < -0.4 is 11.1 Å². The van der Waals surface area contributed by atoms with Gasteiger partial charge in [0.15, 0.2) is 0 Å². The Labute approximate surface area is 172 Å². The highest BCUT2D eigenvalue weighted by atomic mass is 16.2. The van der Waals surface area contributed by atoms with Gasteiger partial charge in [0, 0.05) is 44.0 Å². The van der Waals surface area contributed by atoms with Crippen LogP contribution in [0.2, 0.25) is 0 Å². The van der Waals surface area contributed by atoms with Gasteiger partial charge in [-0.25, -0.2) is 0 Å². The van der Waals surface area contributed by atoms with Gasteiger partial charge < -0.3 is 16.0 Å². The number of anilines is 2. The standard InChI is InChI=1S/C23H30N4O2/c1-17-6-5-7-18(2)23(17)25-21(28)16-26-12-14-27(15-13-26)22(29)11-10-19-8-3-4-9-20(19)24/h3-9H,10-16,24H2,1-2H3,(H,25,28). The summed E-state index contributed by atoms with van der Waals surface area (Å²) in [6, 6.07) is 13.7. The number of carbonyl (C=O) groups excluding carboxylic acids is 2. The Morgan fingerprint density at radius 2 is 1.62 bits per heavy atom. The van der Waals surface area contributed by atoms with Crippen molar-refractivity contribution >= 4 is 23.2 Å². The molecule has 0 aliphatic carbocycles. The molecule has 1 fully saturated rings. The Bertz CT molecular complexity index is 853. The van der Waals surface area contributed by atoms with Crippen molar-refractivity contribution in [3.8, 4) is 0 Å². The highest BCUT2D eigenvalue weighted by Gasteiger charge is 2.22. The summed E-state index contributed by atoms with van der Waals surface area (Å²) in [6.07, 6.45) is 1.12. The summed E-state index contributed by atoms with van der Waals surface area (Å²) < 4.78 is 0. The fourth-order valence-corrected chi connectivity index (χ4v) is 3.71. The fraction of sp³-hybridized carbons (Fsp3) is 0.391. The molecule has 0 atom stereocenters. The number of para-hydroxylation sites is 2. The van der Waals surface area contributed by atoms with Gasteiger partial charge >= 0.3 is 0 Å². The van der Waals surface area contributed by atoms with Gasteiger partial charge in [-0.3, -0.25) is 14.5 Å². The van der Waals surface area contributed by atoms with E-state index in [1.54, 1.807) is 0 Å². The minimum Gasteiger partial charge on any atom is -0.399 e. The SMILES string of the molecule is Cc1cccc(C)c1NC(=O)CN1CCN(C(=O)CCc2ccccc2N)CC1.